The zero-order chi connectivity index (χ0) is 81.6. The maximum atomic E-state index is 13.8. The summed E-state index contributed by atoms with van der Waals surface area (Å²) in [5.74, 6) is -15.7. The quantitative estimate of drug-likeness (QED) is 0.0413. The standard InChI is InChI=1S/C98H58N4O16/c103-77-33-34-78(104)95(77)65-13-5-1-9-61(65)69-49-57(25-29-73(69)99-85(111)41-42-86(99)112)93(58-26-30-74(100-87(113)43-44-88(100)114)70(50-58)62-10-2-6-14-66(62)96-79(105)35-36-80(96)106)55-21-17-53(18-22-55)54-19-23-56(24-20-54)94(59-27-31-75(101-89(115)45-46-90(101)116)71(51-59)63-11-3-7-15-67(63)97-81(107)37-38-82(97)108)60-28-32-76(102-91(117)47-48-92(102)118)72(52-60)64-12-4-8-16-68(64)98-83(109)39-40-84(98)110/h1-52,93-98H. The first-order valence-corrected chi connectivity index (χ1v) is 37.6. The van der Waals surface area contributed by atoms with Gasteiger partial charge in [0.05, 0.1) is 22.7 Å². The molecule has 0 saturated carbocycles. The zero-order valence-electron chi connectivity index (χ0n) is 61.8. The number of amides is 8. The summed E-state index contributed by atoms with van der Waals surface area (Å²) in [6.45, 7) is 0. The van der Waals surface area contributed by atoms with Crippen LogP contribution in [0.3, 0.4) is 0 Å². The molecule has 10 aromatic carbocycles. The van der Waals surface area contributed by atoms with Crippen molar-refractivity contribution in [3.05, 3.63) is 371 Å². The van der Waals surface area contributed by atoms with Gasteiger partial charge in [0.1, 0.15) is 23.7 Å². The summed E-state index contributed by atoms with van der Waals surface area (Å²) in [7, 11) is 0. The van der Waals surface area contributed by atoms with Gasteiger partial charge in [-0.25, -0.2) is 19.6 Å². The first-order chi connectivity index (χ1) is 57.2. The minimum absolute atomic E-state index is 0.135. The maximum Gasteiger partial charge on any atom is 0.258 e. The number of nitrogens with zero attached hydrogens (tertiary/aromatic N) is 4. The Kier molecular flexibility index (Phi) is 18.2. The van der Waals surface area contributed by atoms with E-state index in [1.807, 2.05) is 48.5 Å². The van der Waals surface area contributed by atoms with Crippen LogP contribution < -0.4 is 19.6 Å². The number of hydrogen-bond acceptors (Lipinski definition) is 16. The van der Waals surface area contributed by atoms with E-state index in [1.54, 1.807) is 170 Å². The van der Waals surface area contributed by atoms with Crippen LogP contribution in [-0.2, 0) is 76.7 Å². The molecule has 18 rings (SSSR count). The monoisotopic (exact) mass is 1550 g/mol. The lowest BCUT2D eigenvalue weighted by Gasteiger charge is -2.27. The number of rotatable bonds is 19. The van der Waals surface area contributed by atoms with E-state index >= 15 is 0 Å². The topological polar surface area (TPSA) is 286 Å². The molecule has 0 bridgehead atoms. The van der Waals surface area contributed by atoms with Crippen LogP contribution in [-0.4, -0.2) is 93.5 Å². The number of ketones is 8. The van der Waals surface area contributed by atoms with E-state index in [0.717, 1.165) is 68.2 Å². The van der Waals surface area contributed by atoms with E-state index in [2.05, 4.69) is 0 Å². The van der Waals surface area contributed by atoms with Crippen molar-refractivity contribution < 1.29 is 76.7 Å². The van der Waals surface area contributed by atoms with Crippen molar-refractivity contribution in [2.24, 2.45) is 0 Å². The fourth-order valence-corrected chi connectivity index (χ4v) is 17.2. The smallest absolute Gasteiger partial charge is 0.258 e. The van der Waals surface area contributed by atoms with Gasteiger partial charge in [-0.3, -0.25) is 76.7 Å². The van der Waals surface area contributed by atoms with Crippen LogP contribution in [0.5, 0.6) is 0 Å². The normalized spacial score (nSPS) is 16.9. The number of allylic oxidation sites excluding steroid dienone is 8. The Bertz CT molecular complexity index is 5730. The fourth-order valence-electron chi connectivity index (χ4n) is 17.2. The molecule has 0 unspecified atom stereocenters. The van der Waals surface area contributed by atoms with Crippen LogP contribution in [0.4, 0.5) is 22.7 Å². The maximum absolute atomic E-state index is 13.8. The van der Waals surface area contributed by atoms with Crippen LogP contribution >= 0.6 is 0 Å². The third kappa shape index (κ3) is 12.5. The largest absolute Gasteiger partial charge is 0.294 e. The van der Waals surface area contributed by atoms with Gasteiger partial charge in [0.15, 0.2) is 46.3 Å². The Morgan fingerprint density at radius 3 is 0.551 bits per heavy atom. The minimum Gasteiger partial charge on any atom is -0.294 e. The molecule has 0 fully saturated rings. The number of hydrogen-bond donors (Lipinski definition) is 0. The first kappa shape index (κ1) is 73.5. The molecule has 0 saturated heterocycles. The molecule has 4 aliphatic carbocycles. The molecule has 566 valence electrons. The predicted molar refractivity (Wildman–Crippen MR) is 435 cm³/mol. The van der Waals surface area contributed by atoms with Crippen LogP contribution in [0.25, 0.3) is 55.6 Å². The van der Waals surface area contributed by atoms with Crippen LogP contribution in [0.1, 0.15) is 91.1 Å². The third-order valence-electron chi connectivity index (χ3n) is 22.6. The highest BCUT2D eigenvalue weighted by Crippen LogP contribution is 2.50. The summed E-state index contributed by atoms with van der Waals surface area (Å²) in [6.07, 6.45) is 18.8. The molecule has 4 aliphatic heterocycles. The first-order valence-electron chi connectivity index (χ1n) is 37.6. The molecule has 8 amide bonds. The van der Waals surface area contributed by atoms with Crippen molar-refractivity contribution in [1.29, 1.82) is 0 Å². The Morgan fingerprint density at radius 2 is 0.356 bits per heavy atom. The summed E-state index contributed by atoms with van der Waals surface area (Å²) in [5.41, 5.74) is 9.08. The Labute approximate surface area is 671 Å². The lowest BCUT2D eigenvalue weighted by molar-refractivity contribution is -0.124. The molecular formula is C98H58N4O16. The van der Waals surface area contributed by atoms with E-state index in [9.17, 15) is 76.7 Å². The molecule has 20 heteroatoms. The van der Waals surface area contributed by atoms with Crippen molar-refractivity contribution in [3.8, 4) is 55.6 Å². The average Bonchev–Trinajstić information content (AvgIpc) is 0.796. The van der Waals surface area contributed by atoms with Crippen molar-refractivity contribution >= 4 is 116 Å². The molecule has 0 atom stereocenters. The van der Waals surface area contributed by atoms with Gasteiger partial charge >= 0.3 is 0 Å². The van der Waals surface area contributed by atoms with Crippen LogP contribution in [0.2, 0.25) is 0 Å². The van der Waals surface area contributed by atoms with Gasteiger partial charge in [0, 0.05) is 82.7 Å². The van der Waals surface area contributed by atoms with Gasteiger partial charge in [-0.1, -0.05) is 170 Å². The Hall–Kier alpha value is -16.0. The molecule has 0 spiro atoms. The summed E-state index contributed by atoms with van der Waals surface area (Å²) in [5, 5.41) is 0. The molecule has 118 heavy (non-hydrogen) atoms. The number of imide groups is 4. The van der Waals surface area contributed by atoms with E-state index in [4.69, 9.17) is 0 Å². The highest BCUT2D eigenvalue weighted by atomic mass is 16.2. The van der Waals surface area contributed by atoms with Crippen molar-refractivity contribution in [3.63, 3.8) is 0 Å². The molecule has 0 radical (unpaired) electrons. The molecule has 8 aliphatic rings. The summed E-state index contributed by atoms with van der Waals surface area (Å²) in [6, 6.07) is 62.5. The molecule has 20 nitrogen and oxygen atoms in total. The van der Waals surface area contributed by atoms with Crippen LogP contribution in [0.15, 0.2) is 316 Å². The summed E-state index contributed by atoms with van der Waals surface area (Å²) >= 11 is 0. The molecule has 10 aromatic rings. The van der Waals surface area contributed by atoms with Gasteiger partial charge in [-0.15, -0.1) is 0 Å². The highest BCUT2D eigenvalue weighted by Gasteiger charge is 2.41. The number of benzene rings is 10. The molecule has 4 heterocycles. The van der Waals surface area contributed by atoms with Gasteiger partial charge in [0.2, 0.25) is 0 Å². The SMILES string of the molecule is O=C1C=CC(=O)C1c1ccccc1-c1cc(C(c2ccc(-c3ccc(C(c4ccc(N5C(=O)C=CC5=O)c(-c5ccccc5C5C(=O)C=CC5=O)c4)c4ccc(N5C(=O)C=CC5=O)c(-c5ccccc5C5C(=O)C=CC5=O)c4)cc3)cc2)c2ccc(N3C(=O)C=CC3=O)c(-c3ccccc3C3C(=O)C=CC3=O)c2)ccc1N1C(=O)C=CC1=O. The average molecular weight is 1550 g/mol. The minimum atomic E-state index is -1.25. The van der Waals surface area contributed by atoms with E-state index < -0.39 is 129 Å². The number of anilines is 4. The molecule has 0 aromatic heterocycles. The van der Waals surface area contributed by atoms with Crippen LogP contribution in [0, 0.1) is 0 Å². The Balaban J connectivity index is 0.813. The summed E-state index contributed by atoms with van der Waals surface area (Å²) in [4.78, 5) is 224. The highest BCUT2D eigenvalue weighted by molar-refractivity contribution is 6.33. The predicted octanol–water partition coefficient (Wildman–Crippen LogP) is 13.3. The van der Waals surface area contributed by atoms with E-state index in [0.29, 0.717) is 111 Å². The lowest BCUT2D eigenvalue weighted by Crippen LogP contribution is -2.30. The second-order valence-corrected chi connectivity index (χ2v) is 29.2. The van der Waals surface area contributed by atoms with Crippen molar-refractivity contribution in [2.45, 2.75) is 35.5 Å². The van der Waals surface area contributed by atoms with Gasteiger partial charge in [-0.05, 0) is 186 Å². The zero-order valence-corrected chi connectivity index (χ0v) is 61.8. The lowest BCUT2D eigenvalue weighted by atomic mass is 9.79. The van der Waals surface area contributed by atoms with E-state index in [-0.39, 0.29) is 22.7 Å². The number of carbonyl (C=O) groups excluding carboxylic acids is 16. The van der Waals surface area contributed by atoms with Gasteiger partial charge < -0.3 is 0 Å². The Morgan fingerprint density at radius 1 is 0.178 bits per heavy atom. The van der Waals surface area contributed by atoms with E-state index in [1.165, 1.54) is 48.6 Å². The second kappa shape index (κ2) is 29.2. The fraction of sp³-hybridized carbons (Fsp3) is 0.0612. The second-order valence-electron chi connectivity index (χ2n) is 29.2. The third-order valence-corrected chi connectivity index (χ3v) is 22.6. The van der Waals surface area contributed by atoms with Crippen molar-refractivity contribution in [2.75, 3.05) is 19.6 Å². The molecular weight excluding hydrogens is 1490 g/mol. The van der Waals surface area contributed by atoms with Gasteiger partial charge in [-0.2, -0.15) is 0 Å². The molecule has 0 N–H and O–H groups in total. The van der Waals surface area contributed by atoms with Gasteiger partial charge in [0.25, 0.3) is 47.3 Å². The summed E-state index contributed by atoms with van der Waals surface area (Å²) < 4.78 is 0. The number of carbonyl (C=O) groups is 16. The van der Waals surface area contributed by atoms with Crippen molar-refractivity contribution in [1.82, 2.24) is 0 Å².